The molecule has 0 aliphatic rings. The zero-order chi connectivity index (χ0) is 11.5. The molecule has 1 aromatic heterocycles. The topological polar surface area (TPSA) is 31.6 Å². The summed E-state index contributed by atoms with van der Waals surface area (Å²) in [4.78, 5) is 5.75. The molecule has 5 heteroatoms. The maximum absolute atomic E-state index is 13.3. The molecule has 0 atom stereocenters. The van der Waals surface area contributed by atoms with Gasteiger partial charge in [0.15, 0.2) is 16.4 Å². The van der Waals surface area contributed by atoms with E-state index in [1.807, 2.05) is 0 Å². The van der Waals surface area contributed by atoms with Gasteiger partial charge in [0.2, 0.25) is 0 Å². The largest absolute Gasteiger partial charge is 0.337 e. The molecule has 0 aliphatic carbocycles. The Hall–Kier alpha value is -1.49. The van der Waals surface area contributed by atoms with Crippen LogP contribution >= 0.6 is 12.2 Å². The number of benzene rings is 1. The molecule has 0 aliphatic heterocycles. The van der Waals surface area contributed by atoms with Crippen LogP contribution in [0, 0.1) is 16.4 Å². The molecule has 2 nitrogen and oxygen atoms in total. The van der Waals surface area contributed by atoms with Gasteiger partial charge < -0.3 is 9.97 Å². The Morgan fingerprint density at radius 2 is 2.00 bits per heavy atom. The van der Waals surface area contributed by atoms with Gasteiger partial charge >= 0.3 is 0 Å². The summed E-state index contributed by atoms with van der Waals surface area (Å²) >= 11 is 4.87. The molecule has 84 valence electrons. The minimum absolute atomic E-state index is 0.375. The van der Waals surface area contributed by atoms with Gasteiger partial charge in [-0.3, -0.25) is 0 Å². The summed E-state index contributed by atoms with van der Waals surface area (Å²) in [5, 5.41) is 0. The zero-order valence-electron chi connectivity index (χ0n) is 8.39. The van der Waals surface area contributed by atoms with E-state index in [1.54, 1.807) is 12.3 Å². The van der Waals surface area contributed by atoms with Crippen molar-refractivity contribution in [2.45, 2.75) is 12.8 Å². The van der Waals surface area contributed by atoms with Crippen LogP contribution in [0.15, 0.2) is 24.4 Å². The third-order valence-electron chi connectivity index (χ3n) is 2.35. The second kappa shape index (κ2) is 4.57. The molecule has 1 aromatic carbocycles. The minimum atomic E-state index is -0.806. The standard InChI is InChI=1S/C11H10F2N2S/c12-9-3-1-2-7(10(9)13)4-5-8-6-14-11(16)15-8/h1-3,6H,4-5H2,(H2,14,15,16). The highest BCUT2D eigenvalue weighted by Crippen LogP contribution is 2.13. The maximum Gasteiger partial charge on any atom is 0.174 e. The van der Waals surface area contributed by atoms with Crippen LogP contribution in [-0.4, -0.2) is 9.97 Å². The van der Waals surface area contributed by atoms with Crippen molar-refractivity contribution in [1.29, 1.82) is 0 Å². The molecular formula is C11H10F2N2S. The number of imidazole rings is 1. The first-order chi connectivity index (χ1) is 7.66. The molecule has 0 saturated carbocycles. The molecular weight excluding hydrogens is 230 g/mol. The Labute approximate surface area is 96.3 Å². The van der Waals surface area contributed by atoms with Gasteiger partial charge in [0.1, 0.15) is 0 Å². The average molecular weight is 240 g/mol. The minimum Gasteiger partial charge on any atom is -0.337 e. The molecule has 0 amide bonds. The highest BCUT2D eigenvalue weighted by atomic mass is 32.1. The van der Waals surface area contributed by atoms with Crippen LogP contribution in [0.2, 0.25) is 0 Å². The van der Waals surface area contributed by atoms with Crippen molar-refractivity contribution in [2.24, 2.45) is 0 Å². The van der Waals surface area contributed by atoms with Crippen LogP contribution in [0.25, 0.3) is 0 Å². The number of aromatic amines is 2. The predicted molar refractivity (Wildman–Crippen MR) is 59.7 cm³/mol. The van der Waals surface area contributed by atoms with Gasteiger partial charge in [0, 0.05) is 11.9 Å². The first kappa shape index (κ1) is 11.0. The van der Waals surface area contributed by atoms with E-state index in [2.05, 4.69) is 9.97 Å². The van der Waals surface area contributed by atoms with E-state index in [1.165, 1.54) is 6.07 Å². The molecule has 0 saturated heterocycles. The molecule has 16 heavy (non-hydrogen) atoms. The van der Waals surface area contributed by atoms with Gasteiger partial charge in [0.25, 0.3) is 0 Å². The van der Waals surface area contributed by atoms with E-state index < -0.39 is 11.6 Å². The number of aromatic nitrogens is 2. The average Bonchev–Trinajstić information content (AvgIpc) is 2.67. The van der Waals surface area contributed by atoms with Crippen LogP contribution in [0.1, 0.15) is 11.3 Å². The number of hydrogen-bond donors (Lipinski definition) is 2. The van der Waals surface area contributed by atoms with Crippen molar-refractivity contribution < 1.29 is 8.78 Å². The molecule has 0 fully saturated rings. The first-order valence-corrected chi connectivity index (χ1v) is 5.27. The second-order valence-corrected chi connectivity index (χ2v) is 3.89. The van der Waals surface area contributed by atoms with Gasteiger partial charge in [-0.25, -0.2) is 8.78 Å². The third-order valence-corrected chi connectivity index (χ3v) is 2.57. The van der Waals surface area contributed by atoms with Crippen LogP contribution in [0.5, 0.6) is 0 Å². The Balaban J connectivity index is 2.10. The summed E-state index contributed by atoms with van der Waals surface area (Å²) in [6.45, 7) is 0. The fraction of sp³-hybridized carbons (Fsp3) is 0.182. The lowest BCUT2D eigenvalue weighted by molar-refractivity contribution is 0.498. The van der Waals surface area contributed by atoms with Crippen LogP contribution in [0.4, 0.5) is 8.78 Å². The lowest BCUT2D eigenvalue weighted by Gasteiger charge is -2.02. The molecule has 2 aromatic rings. The molecule has 0 radical (unpaired) electrons. The second-order valence-electron chi connectivity index (χ2n) is 3.48. The Bertz CT molecular complexity index is 545. The fourth-order valence-corrected chi connectivity index (χ4v) is 1.71. The molecule has 0 unspecified atom stereocenters. The van der Waals surface area contributed by atoms with Crippen molar-refractivity contribution >= 4 is 12.2 Å². The van der Waals surface area contributed by atoms with E-state index in [0.717, 1.165) is 11.8 Å². The number of rotatable bonds is 3. The Morgan fingerprint density at radius 1 is 1.19 bits per heavy atom. The predicted octanol–water partition coefficient (Wildman–Crippen LogP) is 3.14. The van der Waals surface area contributed by atoms with Gasteiger partial charge in [0.05, 0.1) is 0 Å². The van der Waals surface area contributed by atoms with Gasteiger partial charge in [-0.1, -0.05) is 12.1 Å². The lowest BCUT2D eigenvalue weighted by atomic mass is 10.1. The summed E-state index contributed by atoms with van der Waals surface area (Å²) < 4.78 is 26.7. The number of aryl methyl sites for hydroxylation is 2. The molecule has 0 spiro atoms. The van der Waals surface area contributed by atoms with Gasteiger partial charge in [-0.15, -0.1) is 0 Å². The van der Waals surface area contributed by atoms with Crippen molar-refractivity contribution in [2.75, 3.05) is 0 Å². The van der Waals surface area contributed by atoms with Crippen LogP contribution < -0.4 is 0 Å². The Morgan fingerprint density at radius 3 is 2.69 bits per heavy atom. The smallest absolute Gasteiger partial charge is 0.174 e. The molecule has 2 rings (SSSR count). The summed E-state index contributed by atoms with van der Waals surface area (Å²) in [6, 6.07) is 4.20. The molecule has 2 N–H and O–H groups in total. The van der Waals surface area contributed by atoms with E-state index in [9.17, 15) is 8.78 Å². The Kier molecular flexibility index (Phi) is 3.14. The maximum atomic E-state index is 13.3. The van der Waals surface area contributed by atoms with E-state index in [0.29, 0.717) is 23.2 Å². The van der Waals surface area contributed by atoms with Gasteiger partial charge in [-0.2, -0.15) is 0 Å². The summed E-state index contributed by atoms with van der Waals surface area (Å²) in [7, 11) is 0. The number of H-pyrrole nitrogens is 2. The number of hydrogen-bond acceptors (Lipinski definition) is 1. The quantitative estimate of drug-likeness (QED) is 0.793. The van der Waals surface area contributed by atoms with E-state index >= 15 is 0 Å². The normalized spacial score (nSPS) is 10.6. The summed E-state index contributed by atoms with van der Waals surface area (Å²) in [5.41, 5.74) is 1.26. The van der Waals surface area contributed by atoms with E-state index in [4.69, 9.17) is 12.2 Å². The van der Waals surface area contributed by atoms with Crippen molar-refractivity contribution in [3.8, 4) is 0 Å². The first-order valence-electron chi connectivity index (χ1n) is 4.86. The van der Waals surface area contributed by atoms with E-state index in [-0.39, 0.29) is 0 Å². The third kappa shape index (κ3) is 2.36. The zero-order valence-corrected chi connectivity index (χ0v) is 9.20. The lowest BCUT2D eigenvalue weighted by Crippen LogP contribution is -1.97. The summed E-state index contributed by atoms with van der Waals surface area (Å²) in [6.07, 6.45) is 2.76. The van der Waals surface area contributed by atoms with Crippen molar-refractivity contribution in [3.05, 3.63) is 52.1 Å². The summed E-state index contributed by atoms with van der Waals surface area (Å²) in [5.74, 6) is -1.57. The number of nitrogens with one attached hydrogen (secondary N) is 2. The highest BCUT2D eigenvalue weighted by molar-refractivity contribution is 7.71. The fourth-order valence-electron chi connectivity index (χ4n) is 1.52. The van der Waals surface area contributed by atoms with Gasteiger partial charge in [-0.05, 0) is 36.7 Å². The monoisotopic (exact) mass is 240 g/mol. The van der Waals surface area contributed by atoms with Crippen molar-refractivity contribution in [1.82, 2.24) is 9.97 Å². The molecule has 0 bridgehead atoms. The molecule has 1 heterocycles. The SMILES string of the molecule is Fc1cccc(CCc2c[nH]c(=S)[nH]2)c1F. The highest BCUT2D eigenvalue weighted by Gasteiger charge is 2.07. The van der Waals surface area contributed by atoms with Crippen LogP contribution in [0.3, 0.4) is 0 Å². The van der Waals surface area contributed by atoms with Crippen LogP contribution in [-0.2, 0) is 12.8 Å². The number of halogens is 2. The van der Waals surface area contributed by atoms with Crippen molar-refractivity contribution in [3.63, 3.8) is 0 Å².